The molecule has 0 spiro atoms. The Balaban J connectivity index is 1.41. The summed E-state index contributed by atoms with van der Waals surface area (Å²) in [5, 5.41) is 9.30. The molecule has 0 bridgehead atoms. The second-order valence-corrected chi connectivity index (χ2v) is 19.0. The topological polar surface area (TPSA) is 89.9 Å². The number of carbonyl (C=O) groups is 3. The van der Waals surface area contributed by atoms with Crippen molar-refractivity contribution in [1.82, 2.24) is 0 Å². The van der Waals surface area contributed by atoms with Gasteiger partial charge in [-0.25, -0.2) is 0 Å². The molecule has 5 aliphatic rings. The lowest BCUT2D eigenvalue weighted by Gasteiger charge is -2.72. The van der Waals surface area contributed by atoms with Gasteiger partial charge in [0.25, 0.3) is 0 Å². The van der Waals surface area contributed by atoms with E-state index in [1.807, 2.05) is 27.7 Å². The SMILES string of the molecule is C=C(C)[C@@H]1CC[C@]2(C(=O)OC(C)C)CC[C@]3(C)[C@H](CC[C@@H]4[C@@]5(C)CC[C@H](OC(=O)CC(C)(C)CC(=O)O)C(C)(C)[C@@H]5CC[C@]43C)[C@@H]12. The summed E-state index contributed by atoms with van der Waals surface area (Å²) in [5.41, 5.74) is 0.489. The third kappa shape index (κ3) is 5.38. The third-order valence-electron chi connectivity index (χ3n) is 15.3. The van der Waals surface area contributed by atoms with Gasteiger partial charge in [0.15, 0.2) is 0 Å². The summed E-state index contributed by atoms with van der Waals surface area (Å²) in [6.45, 7) is 26.7. The van der Waals surface area contributed by atoms with Gasteiger partial charge in [-0.2, -0.15) is 0 Å². The molecule has 0 aromatic heterocycles. The van der Waals surface area contributed by atoms with Crippen molar-refractivity contribution < 1.29 is 29.0 Å². The number of carbonyl (C=O) groups excluding carboxylic acids is 2. The van der Waals surface area contributed by atoms with Crippen LogP contribution < -0.4 is 0 Å². The molecule has 0 aromatic carbocycles. The normalized spacial score (nSPS) is 43.0. The van der Waals surface area contributed by atoms with Crippen molar-refractivity contribution in [3.8, 4) is 0 Å². The fraction of sp³-hybridized carbons (Fsp3) is 0.875. The minimum absolute atomic E-state index is 0.0437. The lowest BCUT2D eigenvalue weighted by molar-refractivity contribution is -0.251. The monoisotopic (exact) mass is 640 g/mol. The minimum Gasteiger partial charge on any atom is -0.481 e. The highest BCUT2D eigenvalue weighted by Crippen LogP contribution is 2.77. The van der Waals surface area contributed by atoms with Gasteiger partial charge in [0, 0.05) is 5.41 Å². The van der Waals surface area contributed by atoms with E-state index < -0.39 is 11.4 Å². The maximum absolute atomic E-state index is 13.9. The lowest BCUT2D eigenvalue weighted by atomic mass is 9.32. The first-order chi connectivity index (χ1) is 21.1. The maximum atomic E-state index is 13.9. The Hall–Kier alpha value is -1.85. The van der Waals surface area contributed by atoms with Gasteiger partial charge in [-0.05, 0) is 136 Å². The van der Waals surface area contributed by atoms with Crippen LogP contribution in [0, 0.1) is 62.1 Å². The Kier molecular flexibility index (Phi) is 8.97. The van der Waals surface area contributed by atoms with Crippen LogP contribution in [-0.4, -0.2) is 35.2 Å². The Morgan fingerprint density at radius 3 is 2.13 bits per heavy atom. The maximum Gasteiger partial charge on any atom is 0.312 e. The molecule has 5 aliphatic carbocycles. The second kappa shape index (κ2) is 11.6. The van der Waals surface area contributed by atoms with E-state index in [2.05, 4.69) is 48.1 Å². The lowest BCUT2D eigenvalue weighted by Crippen LogP contribution is -2.67. The fourth-order valence-corrected chi connectivity index (χ4v) is 13.1. The molecule has 5 rings (SSSR count). The van der Waals surface area contributed by atoms with Crippen LogP contribution in [0.3, 0.4) is 0 Å². The Morgan fingerprint density at radius 1 is 0.848 bits per heavy atom. The molecule has 0 unspecified atom stereocenters. The van der Waals surface area contributed by atoms with Gasteiger partial charge in [-0.3, -0.25) is 14.4 Å². The first-order valence-corrected chi connectivity index (χ1v) is 18.4. The Morgan fingerprint density at radius 2 is 1.52 bits per heavy atom. The predicted octanol–water partition coefficient (Wildman–Crippen LogP) is 9.40. The molecule has 0 saturated heterocycles. The van der Waals surface area contributed by atoms with Crippen LogP contribution in [0.2, 0.25) is 0 Å². The van der Waals surface area contributed by atoms with Crippen molar-refractivity contribution in [2.75, 3.05) is 0 Å². The molecule has 0 amide bonds. The molecule has 0 heterocycles. The molecule has 0 aromatic rings. The van der Waals surface area contributed by atoms with Gasteiger partial charge in [-0.15, -0.1) is 0 Å². The minimum atomic E-state index is -0.887. The highest BCUT2D eigenvalue weighted by molar-refractivity contribution is 5.78. The summed E-state index contributed by atoms with van der Waals surface area (Å²) in [5.74, 6) is 1.05. The number of fused-ring (bicyclic) bond motifs is 7. The van der Waals surface area contributed by atoms with E-state index in [-0.39, 0.29) is 64.1 Å². The van der Waals surface area contributed by atoms with Crippen molar-refractivity contribution in [3.05, 3.63) is 12.2 Å². The number of carboxylic acid groups (broad SMARTS) is 1. The zero-order chi connectivity index (χ0) is 34.3. The molecule has 10 atom stereocenters. The van der Waals surface area contributed by atoms with Gasteiger partial charge in [0.05, 0.1) is 24.4 Å². The smallest absolute Gasteiger partial charge is 0.312 e. The number of hydrogen-bond donors (Lipinski definition) is 1. The summed E-state index contributed by atoms with van der Waals surface area (Å²) in [4.78, 5) is 38.4. The van der Waals surface area contributed by atoms with E-state index in [9.17, 15) is 19.5 Å². The predicted molar refractivity (Wildman–Crippen MR) is 181 cm³/mol. The Labute approximate surface area is 279 Å². The largest absolute Gasteiger partial charge is 0.481 e. The van der Waals surface area contributed by atoms with Crippen molar-refractivity contribution in [3.63, 3.8) is 0 Å². The van der Waals surface area contributed by atoms with E-state index >= 15 is 0 Å². The van der Waals surface area contributed by atoms with E-state index in [4.69, 9.17) is 9.47 Å². The van der Waals surface area contributed by atoms with E-state index in [0.717, 1.165) is 57.8 Å². The van der Waals surface area contributed by atoms with Crippen LogP contribution in [0.4, 0.5) is 0 Å². The third-order valence-corrected chi connectivity index (χ3v) is 15.3. The van der Waals surface area contributed by atoms with Crippen LogP contribution in [-0.2, 0) is 23.9 Å². The molecule has 46 heavy (non-hydrogen) atoms. The number of carboxylic acids is 1. The quantitative estimate of drug-likeness (QED) is 0.210. The van der Waals surface area contributed by atoms with Gasteiger partial charge >= 0.3 is 17.9 Å². The number of rotatable bonds is 8. The molecule has 1 N–H and O–H groups in total. The molecule has 0 radical (unpaired) electrons. The van der Waals surface area contributed by atoms with Gasteiger partial charge in [0.1, 0.15) is 6.10 Å². The summed E-state index contributed by atoms with van der Waals surface area (Å²) < 4.78 is 12.3. The van der Waals surface area contributed by atoms with Crippen molar-refractivity contribution >= 4 is 17.9 Å². The number of aliphatic carboxylic acids is 1. The second-order valence-electron chi connectivity index (χ2n) is 19.0. The molecule has 5 fully saturated rings. The average molecular weight is 641 g/mol. The van der Waals surface area contributed by atoms with Crippen LogP contribution in [0.25, 0.3) is 0 Å². The summed E-state index contributed by atoms with van der Waals surface area (Å²) in [7, 11) is 0. The van der Waals surface area contributed by atoms with E-state index in [1.165, 1.54) is 12.0 Å². The number of hydrogen-bond acceptors (Lipinski definition) is 5. The first-order valence-electron chi connectivity index (χ1n) is 18.4. The molecule has 260 valence electrons. The van der Waals surface area contributed by atoms with E-state index in [1.54, 1.807) is 0 Å². The van der Waals surface area contributed by atoms with Crippen molar-refractivity contribution in [1.29, 1.82) is 0 Å². The highest BCUT2D eigenvalue weighted by Gasteiger charge is 2.72. The molecule has 5 saturated carbocycles. The summed E-state index contributed by atoms with van der Waals surface area (Å²) in [6, 6.07) is 0. The zero-order valence-corrected chi connectivity index (χ0v) is 30.7. The molecule has 0 aliphatic heterocycles. The van der Waals surface area contributed by atoms with Crippen molar-refractivity contribution in [2.45, 2.75) is 158 Å². The summed E-state index contributed by atoms with van der Waals surface area (Å²) in [6.07, 6.45) is 10.3. The van der Waals surface area contributed by atoms with Gasteiger partial charge in [0.2, 0.25) is 0 Å². The highest BCUT2D eigenvalue weighted by atomic mass is 16.5. The van der Waals surface area contributed by atoms with Crippen molar-refractivity contribution in [2.24, 2.45) is 62.1 Å². The zero-order valence-electron chi connectivity index (χ0n) is 30.7. The van der Waals surface area contributed by atoms with Crippen LogP contribution >= 0.6 is 0 Å². The molecular formula is C40H64O6. The average Bonchev–Trinajstić information content (AvgIpc) is 3.31. The fourth-order valence-electron chi connectivity index (χ4n) is 13.1. The number of esters is 2. The molecule has 6 heteroatoms. The van der Waals surface area contributed by atoms with Gasteiger partial charge in [-0.1, -0.05) is 60.6 Å². The molecule has 6 nitrogen and oxygen atoms in total. The van der Waals surface area contributed by atoms with Crippen LogP contribution in [0.15, 0.2) is 12.2 Å². The van der Waals surface area contributed by atoms with Crippen LogP contribution in [0.1, 0.15) is 146 Å². The standard InChI is InChI=1S/C40H64O6/c1-24(2)26-14-19-40(34(44)45-25(3)4)21-20-38(10)27(33(26)40)12-13-29-37(9)17-16-30(36(7,8)28(37)15-18-39(29,38)11)46-32(43)23-35(5,6)22-31(41)42/h25-30,33H,1,12-23H2,2-11H3,(H,41,42)/t26-,27+,28-,29+,30-,33+,37-,38+,39+,40-/m0/s1. The number of ether oxygens (including phenoxy) is 2. The number of allylic oxidation sites excluding steroid dienone is 1. The van der Waals surface area contributed by atoms with Gasteiger partial charge < -0.3 is 14.6 Å². The van der Waals surface area contributed by atoms with Crippen LogP contribution in [0.5, 0.6) is 0 Å². The summed E-state index contributed by atoms with van der Waals surface area (Å²) >= 11 is 0. The van der Waals surface area contributed by atoms with E-state index in [0.29, 0.717) is 29.6 Å². The molecular weight excluding hydrogens is 576 g/mol. The first kappa shape index (κ1) is 35.5. The Bertz CT molecular complexity index is 1250.